The van der Waals surface area contributed by atoms with E-state index in [0.717, 1.165) is 28.1 Å². The first-order valence-electron chi connectivity index (χ1n) is 10.6. The number of thioether (sulfide) groups is 1. The molecule has 1 aliphatic rings. The number of amides is 2. The second-order valence-corrected chi connectivity index (χ2v) is 9.19. The van der Waals surface area contributed by atoms with Gasteiger partial charge in [-0.15, -0.1) is 0 Å². The normalized spacial score (nSPS) is 14.8. The van der Waals surface area contributed by atoms with Crippen LogP contribution in [0.15, 0.2) is 82.1 Å². The van der Waals surface area contributed by atoms with Crippen LogP contribution in [0.2, 0.25) is 5.02 Å². The fourth-order valence-electron chi connectivity index (χ4n) is 3.90. The van der Waals surface area contributed by atoms with E-state index in [1.54, 1.807) is 36.4 Å². The molecule has 2 heterocycles. The molecular formula is C27H18ClNO5S. The summed E-state index contributed by atoms with van der Waals surface area (Å²) in [6.07, 6.45) is 1.55. The van der Waals surface area contributed by atoms with Crippen molar-refractivity contribution in [1.29, 1.82) is 0 Å². The summed E-state index contributed by atoms with van der Waals surface area (Å²) in [5, 5.41) is 1.99. The maximum Gasteiger partial charge on any atom is 0.339 e. The largest absolute Gasteiger partial charge is 0.465 e. The topological polar surface area (TPSA) is 76.8 Å². The number of furan rings is 1. The van der Waals surface area contributed by atoms with Gasteiger partial charge in [-0.25, -0.2) is 4.79 Å². The molecule has 5 rings (SSSR count). The summed E-state index contributed by atoms with van der Waals surface area (Å²) in [6, 6.07) is 22.0. The van der Waals surface area contributed by atoms with Crippen molar-refractivity contribution in [2.45, 2.75) is 6.54 Å². The minimum Gasteiger partial charge on any atom is -0.465 e. The van der Waals surface area contributed by atoms with Gasteiger partial charge in [0.15, 0.2) is 0 Å². The zero-order valence-electron chi connectivity index (χ0n) is 18.5. The van der Waals surface area contributed by atoms with Crippen molar-refractivity contribution in [2.24, 2.45) is 0 Å². The first-order chi connectivity index (χ1) is 16.9. The van der Waals surface area contributed by atoms with Crippen LogP contribution in [-0.2, 0) is 16.1 Å². The Hall–Kier alpha value is -3.81. The molecule has 174 valence electrons. The van der Waals surface area contributed by atoms with Gasteiger partial charge in [-0.2, -0.15) is 0 Å². The van der Waals surface area contributed by atoms with E-state index in [0.29, 0.717) is 17.1 Å². The van der Waals surface area contributed by atoms with E-state index in [1.165, 1.54) is 12.0 Å². The highest BCUT2D eigenvalue weighted by molar-refractivity contribution is 8.18. The Morgan fingerprint density at radius 1 is 1.06 bits per heavy atom. The molecule has 8 heteroatoms. The summed E-state index contributed by atoms with van der Waals surface area (Å²) in [4.78, 5) is 39.1. The van der Waals surface area contributed by atoms with Crippen molar-refractivity contribution in [3.63, 3.8) is 0 Å². The molecule has 0 bridgehead atoms. The van der Waals surface area contributed by atoms with Gasteiger partial charge >= 0.3 is 5.97 Å². The van der Waals surface area contributed by atoms with Gasteiger partial charge in [0.25, 0.3) is 11.1 Å². The first-order valence-corrected chi connectivity index (χ1v) is 11.8. The third kappa shape index (κ3) is 4.48. The molecule has 0 atom stereocenters. The predicted octanol–water partition coefficient (Wildman–Crippen LogP) is 6.78. The highest BCUT2D eigenvalue weighted by atomic mass is 35.5. The SMILES string of the molecule is COC(=O)c1cc(-c2ccc(/C=C3\SC(=O)N(Cc4cccc5ccccc45)C3=O)o2)ccc1Cl. The number of fused-ring (bicyclic) bond motifs is 1. The van der Waals surface area contributed by atoms with Crippen LogP contribution >= 0.6 is 23.4 Å². The quantitative estimate of drug-likeness (QED) is 0.221. The van der Waals surface area contributed by atoms with Crippen LogP contribution in [0.1, 0.15) is 21.7 Å². The summed E-state index contributed by atoms with van der Waals surface area (Å²) in [6.45, 7) is 0.188. The number of carbonyl (C=O) groups excluding carboxylic acids is 3. The maximum atomic E-state index is 13.0. The molecule has 0 saturated carbocycles. The third-order valence-corrected chi connectivity index (χ3v) is 6.88. The Morgan fingerprint density at radius 2 is 1.86 bits per heavy atom. The Balaban J connectivity index is 1.38. The van der Waals surface area contributed by atoms with Gasteiger partial charge in [0.2, 0.25) is 0 Å². The molecule has 0 radical (unpaired) electrons. The smallest absolute Gasteiger partial charge is 0.339 e. The number of hydrogen-bond acceptors (Lipinski definition) is 6. The van der Waals surface area contributed by atoms with Crippen molar-refractivity contribution in [3.05, 3.63) is 99.6 Å². The number of rotatable bonds is 5. The molecule has 1 aromatic heterocycles. The average Bonchev–Trinajstić information content (AvgIpc) is 3.44. The van der Waals surface area contributed by atoms with Gasteiger partial charge in [-0.05, 0) is 58.4 Å². The maximum absolute atomic E-state index is 13.0. The molecule has 1 saturated heterocycles. The average molecular weight is 504 g/mol. The van der Waals surface area contributed by atoms with Crippen molar-refractivity contribution in [1.82, 2.24) is 4.90 Å². The van der Waals surface area contributed by atoms with Crippen LogP contribution in [-0.4, -0.2) is 29.1 Å². The predicted molar refractivity (Wildman–Crippen MR) is 136 cm³/mol. The monoisotopic (exact) mass is 503 g/mol. The molecule has 3 aromatic carbocycles. The van der Waals surface area contributed by atoms with Crippen LogP contribution in [0, 0.1) is 0 Å². The fraction of sp³-hybridized carbons (Fsp3) is 0.0741. The zero-order valence-corrected chi connectivity index (χ0v) is 20.1. The van der Waals surface area contributed by atoms with Crippen molar-refractivity contribution in [3.8, 4) is 11.3 Å². The minimum absolute atomic E-state index is 0.188. The summed E-state index contributed by atoms with van der Waals surface area (Å²) in [5.41, 5.74) is 1.74. The zero-order chi connectivity index (χ0) is 24.5. The van der Waals surface area contributed by atoms with E-state index in [4.69, 9.17) is 20.8 Å². The van der Waals surface area contributed by atoms with E-state index >= 15 is 0 Å². The summed E-state index contributed by atoms with van der Waals surface area (Å²) in [7, 11) is 1.28. The number of methoxy groups -OCH3 is 1. The number of nitrogens with zero attached hydrogens (tertiary/aromatic N) is 1. The van der Waals surface area contributed by atoms with Crippen molar-refractivity contribution >= 4 is 57.3 Å². The van der Waals surface area contributed by atoms with Crippen molar-refractivity contribution in [2.75, 3.05) is 7.11 Å². The summed E-state index contributed by atoms with van der Waals surface area (Å²) in [5.74, 6) is -0.0351. The Labute approximate surface area is 210 Å². The Bertz CT molecular complexity index is 1520. The molecule has 1 aliphatic heterocycles. The Kier molecular flexibility index (Phi) is 6.19. The number of carbonyl (C=O) groups is 3. The number of benzene rings is 3. The lowest BCUT2D eigenvalue weighted by atomic mass is 10.0. The van der Waals surface area contributed by atoms with Crippen LogP contribution in [0.25, 0.3) is 28.2 Å². The molecule has 0 unspecified atom stereocenters. The minimum atomic E-state index is -0.552. The van der Waals surface area contributed by atoms with E-state index < -0.39 is 5.97 Å². The van der Waals surface area contributed by atoms with Gasteiger partial charge in [-0.3, -0.25) is 14.5 Å². The molecular weight excluding hydrogens is 486 g/mol. The molecule has 6 nitrogen and oxygen atoms in total. The summed E-state index contributed by atoms with van der Waals surface area (Å²) < 4.78 is 10.6. The van der Waals surface area contributed by atoms with E-state index in [9.17, 15) is 14.4 Å². The first kappa shape index (κ1) is 23.0. The third-order valence-electron chi connectivity index (χ3n) is 5.64. The second-order valence-electron chi connectivity index (χ2n) is 7.79. The van der Waals surface area contributed by atoms with E-state index in [1.807, 2.05) is 42.5 Å². The standard InChI is InChI=1S/C27H18ClNO5S/c1-33-26(31)21-13-17(9-11-22(21)28)23-12-10-19(34-23)14-24-25(30)29(27(32)35-24)15-18-7-4-6-16-5-2-3-8-20(16)18/h2-14H,15H2,1H3/b24-14-. The number of hydrogen-bond donors (Lipinski definition) is 0. The molecule has 0 aliphatic carbocycles. The van der Waals surface area contributed by atoms with Crippen molar-refractivity contribution < 1.29 is 23.5 Å². The lowest BCUT2D eigenvalue weighted by Crippen LogP contribution is -2.27. The van der Waals surface area contributed by atoms with Gasteiger partial charge < -0.3 is 9.15 Å². The highest BCUT2D eigenvalue weighted by Crippen LogP contribution is 2.35. The molecule has 1 fully saturated rings. The number of ether oxygens (including phenoxy) is 1. The second kappa shape index (κ2) is 9.44. The molecule has 4 aromatic rings. The number of imide groups is 1. The Morgan fingerprint density at radius 3 is 2.69 bits per heavy atom. The van der Waals surface area contributed by atoms with Crippen LogP contribution in [0.4, 0.5) is 4.79 Å². The lowest BCUT2D eigenvalue weighted by molar-refractivity contribution is -0.123. The van der Waals surface area contributed by atoms with E-state index in [-0.39, 0.29) is 33.2 Å². The fourth-order valence-corrected chi connectivity index (χ4v) is 4.91. The molecule has 35 heavy (non-hydrogen) atoms. The van der Waals surface area contributed by atoms with Gasteiger partial charge in [-0.1, -0.05) is 54.1 Å². The number of halogens is 1. The lowest BCUT2D eigenvalue weighted by Gasteiger charge is -2.14. The van der Waals surface area contributed by atoms with Gasteiger partial charge in [0, 0.05) is 11.6 Å². The van der Waals surface area contributed by atoms with Crippen LogP contribution < -0.4 is 0 Å². The van der Waals surface area contributed by atoms with Gasteiger partial charge in [0.1, 0.15) is 11.5 Å². The van der Waals surface area contributed by atoms with Gasteiger partial charge in [0.05, 0.1) is 29.1 Å². The number of esters is 1. The van der Waals surface area contributed by atoms with Crippen LogP contribution in [0.5, 0.6) is 0 Å². The summed E-state index contributed by atoms with van der Waals surface area (Å²) >= 11 is 6.97. The molecule has 0 N–H and O–H groups in total. The van der Waals surface area contributed by atoms with Crippen LogP contribution in [0.3, 0.4) is 0 Å². The highest BCUT2D eigenvalue weighted by Gasteiger charge is 2.35. The molecule has 0 spiro atoms. The van der Waals surface area contributed by atoms with E-state index in [2.05, 4.69) is 0 Å². The molecule has 2 amide bonds.